The van der Waals surface area contributed by atoms with E-state index in [-0.39, 0.29) is 8.69 Å². The summed E-state index contributed by atoms with van der Waals surface area (Å²) in [4.78, 5) is 0. The quantitative estimate of drug-likeness (QED) is 0.701. The van der Waals surface area contributed by atoms with Gasteiger partial charge in [0.05, 0.1) is 0 Å². The van der Waals surface area contributed by atoms with E-state index in [0.717, 1.165) is 5.56 Å². The highest BCUT2D eigenvalue weighted by molar-refractivity contribution is 7.17. The molecule has 0 aliphatic carbocycles. The fourth-order valence-electron chi connectivity index (χ4n) is 0.772. The lowest BCUT2D eigenvalue weighted by molar-refractivity contribution is 0.525. The summed E-state index contributed by atoms with van der Waals surface area (Å²) in [6.45, 7) is 0.465. The zero-order valence-electron chi connectivity index (χ0n) is 5.86. The van der Waals surface area contributed by atoms with Crippen molar-refractivity contribution >= 4 is 8.69 Å². The zero-order valence-corrected chi connectivity index (χ0v) is 6.75. The highest BCUT2D eigenvalue weighted by atomic mass is 31.1. The zero-order chi connectivity index (χ0) is 8.10. The third kappa shape index (κ3) is 2.30. The van der Waals surface area contributed by atoms with Crippen molar-refractivity contribution in [3.05, 3.63) is 29.8 Å². The molecule has 11 heavy (non-hydrogen) atoms. The van der Waals surface area contributed by atoms with E-state index in [1.54, 1.807) is 12.1 Å². The average Bonchev–Trinajstić information content (AvgIpc) is 2.06. The van der Waals surface area contributed by atoms with Crippen LogP contribution in [-0.2, 0) is 11.1 Å². The van der Waals surface area contributed by atoms with Crippen LogP contribution in [0.2, 0.25) is 0 Å². The van der Waals surface area contributed by atoms with E-state index in [2.05, 4.69) is 0 Å². The van der Waals surface area contributed by atoms with Gasteiger partial charge >= 0.3 is 8.69 Å². The Bertz CT molecular complexity index is 252. The van der Waals surface area contributed by atoms with Gasteiger partial charge < -0.3 is 10.3 Å². The van der Waals surface area contributed by atoms with Crippen molar-refractivity contribution in [2.45, 2.75) is 6.54 Å². The van der Waals surface area contributed by atoms with E-state index in [4.69, 9.17) is 10.3 Å². The molecule has 58 valence electrons. The molecule has 2 N–H and O–H groups in total. The number of rotatable bonds is 3. The minimum atomic E-state index is -0.337. The Morgan fingerprint density at radius 2 is 2.36 bits per heavy atom. The van der Waals surface area contributed by atoms with Gasteiger partial charge in [-0.1, -0.05) is 12.1 Å². The van der Waals surface area contributed by atoms with Crippen LogP contribution in [0, 0.1) is 0 Å². The van der Waals surface area contributed by atoms with Gasteiger partial charge in [0.1, 0.15) is 5.75 Å². The Labute approximate surface area is 66.5 Å². The second-order valence-corrected chi connectivity index (χ2v) is 2.35. The standard InChI is InChI=1S/C7H8NO2P/c8-5-6-2-1-3-7(4-6)10-11-9/h1-4H,5,8H2. The lowest BCUT2D eigenvalue weighted by Crippen LogP contribution is -1.95. The summed E-state index contributed by atoms with van der Waals surface area (Å²) in [7, 11) is -0.337. The topological polar surface area (TPSA) is 52.3 Å². The van der Waals surface area contributed by atoms with Crippen LogP contribution in [0.5, 0.6) is 5.75 Å². The van der Waals surface area contributed by atoms with Crippen molar-refractivity contribution in [2.75, 3.05) is 0 Å². The Kier molecular flexibility index (Phi) is 3.02. The smallest absolute Gasteiger partial charge is 0.395 e. The second kappa shape index (κ2) is 4.06. The molecule has 0 fully saturated rings. The Morgan fingerprint density at radius 3 is 3.00 bits per heavy atom. The predicted octanol–water partition coefficient (Wildman–Crippen LogP) is 1.73. The maximum absolute atomic E-state index is 10.0. The Hall–Kier alpha value is -0.920. The molecule has 0 heterocycles. The van der Waals surface area contributed by atoms with Crippen LogP contribution in [0.4, 0.5) is 0 Å². The van der Waals surface area contributed by atoms with Crippen molar-refractivity contribution in [2.24, 2.45) is 5.73 Å². The van der Waals surface area contributed by atoms with Crippen molar-refractivity contribution in [1.29, 1.82) is 0 Å². The van der Waals surface area contributed by atoms with Crippen LogP contribution in [0.1, 0.15) is 5.56 Å². The maximum Gasteiger partial charge on any atom is 0.395 e. The molecule has 0 bridgehead atoms. The van der Waals surface area contributed by atoms with Gasteiger partial charge in [-0.25, -0.2) is 4.57 Å². The largest absolute Gasteiger partial charge is 0.408 e. The molecule has 0 aliphatic heterocycles. The SMILES string of the molecule is NCc1cccc(OP=O)c1. The summed E-state index contributed by atoms with van der Waals surface area (Å²) >= 11 is 0. The van der Waals surface area contributed by atoms with Crippen LogP contribution in [0.3, 0.4) is 0 Å². The van der Waals surface area contributed by atoms with Crippen molar-refractivity contribution in [3.63, 3.8) is 0 Å². The molecule has 0 aromatic heterocycles. The minimum absolute atomic E-state index is 0.337. The van der Waals surface area contributed by atoms with Crippen LogP contribution in [0.25, 0.3) is 0 Å². The first-order chi connectivity index (χ1) is 5.36. The summed E-state index contributed by atoms with van der Waals surface area (Å²) in [6, 6.07) is 7.17. The fraction of sp³-hybridized carbons (Fsp3) is 0.143. The van der Waals surface area contributed by atoms with Gasteiger partial charge in [-0.15, -0.1) is 0 Å². The molecule has 0 unspecified atom stereocenters. The minimum Gasteiger partial charge on any atom is -0.408 e. The van der Waals surface area contributed by atoms with Crippen LogP contribution < -0.4 is 10.3 Å². The summed E-state index contributed by atoms with van der Waals surface area (Å²) in [5.41, 5.74) is 6.34. The molecule has 1 rings (SSSR count). The van der Waals surface area contributed by atoms with Crippen molar-refractivity contribution in [1.82, 2.24) is 0 Å². The van der Waals surface area contributed by atoms with Gasteiger partial charge in [-0.05, 0) is 17.7 Å². The van der Waals surface area contributed by atoms with Gasteiger partial charge in [0.25, 0.3) is 0 Å². The highest BCUT2D eigenvalue weighted by Gasteiger charge is 1.93. The third-order valence-corrected chi connectivity index (χ3v) is 1.56. The van der Waals surface area contributed by atoms with Gasteiger partial charge in [0.15, 0.2) is 0 Å². The van der Waals surface area contributed by atoms with E-state index in [9.17, 15) is 4.57 Å². The first kappa shape index (κ1) is 8.18. The molecule has 0 saturated heterocycles. The van der Waals surface area contributed by atoms with E-state index >= 15 is 0 Å². The summed E-state index contributed by atoms with van der Waals surface area (Å²) in [5, 5.41) is 0. The van der Waals surface area contributed by atoms with Gasteiger partial charge in [0.2, 0.25) is 0 Å². The highest BCUT2D eigenvalue weighted by Crippen LogP contribution is 2.16. The van der Waals surface area contributed by atoms with Gasteiger partial charge in [-0.2, -0.15) is 0 Å². The third-order valence-electron chi connectivity index (χ3n) is 1.28. The van der Waals surface area contributed by atoms with E-state index < -0.39 is 0 Å². The first-order valence-electron chi connectivity index (χ1n) is 3.15. The molecule has 1 aromatic rings. The van der Waals surface area contributed by atoms with Crippen LogP contribution in [0.15, 0.2) is 24.3 Å². The summed E-state index contributed by atoms with van der Waals surface area (Å²) < 4.78 is 14.7. The Balaban J connectivity index is 2.82. The number of benzene rings is 1. The average molecular weight is 169 g/mol. The number of hydrogen-bond acceptors (Lipinski definition) is 3. The van der Waals surface area contributed by atoms with Gasteiger partial charge in [-0.3, -0.25) is 0 Å². The molecule has 0 spiro atoms. The number of nitrogens with two attached hydrogens (primary N) is 1. The second-order valence-electron chi connectivity index (χ2n) is 2.02. The molecular formula is C7H8NO2P. The molecule has 0 atom stereocenters. The van der Waals surface area contributed by atoms with E-state index in [1.807, 2.05) is 12.1 Å². The predicted molar refractivity (Wildman–Crippen MR) is 42.6 cm³/mol. The molecule has 4 heteroatoms. The molecule has 0 saturated carbocycles. The van der Waals surface area contributed by atoms with Crippen LogP contribution >= 0.6 is 8.69 Å². The van der Waals surface area contributed by atoms with Gasteiger partial charge in [0, 0.05) is 6.54 Å². The molecule has 0 amide bonds. The number of hydrogen-bond donors (Lipinski definition) is 1. The summed E-state index contributed by atoms with van der Waals surface area (Å²) in [6.07, 6.45) is 0. The van der Waals surface area contributed by atoms with E-state index in [0.29, 0.717) is 12.3 Å². The Morgan fingerprint density at radius 1 is 1.55 bits per heavy atom. The van der Waals surface area contributed by atoms with Crippen molar-refractivity contribution < 1.29 is 9.09 Å². The van der Waals surface area contributed by atoms with Crippen LogP contribution in [-0.4, -0.2) is 0 Å². The fourth-order valence-corrected chi connectivity index (χ4v) is 0.972. The molecule has 0 radical (unpaired) electrons. The monoisotopic (exact) mass is 169 g/mol. The normalized spacial score (nSPS) is 9.91. The first-order valence-corrected chi connectivity index (χ1v) is 3.88. The summed E-state index contributed by atoms with van der Waals surface area (Å²) in [5.74, 6) is 0.574. The lowest BCUT2D eigenvalue weighted by atomic mass is 10.2. The molecular weight excluding hydrogens is 161 g/mol. The lowest BCUT2D eigenvalue weighted by Gasteiger charge is -1.98. The molecule has 0 aliphatic rings. The molecule has 1 aromatic carbocycles. The molecule has 3 nitrogen and oxygen atoms in total. The maximum atomic E-state index is 10.0. The van der Waals surface area contributed by atoms with E-state index in [1.165, 1.54) is 0 Å². The van der Waals surface area contributed by atoms with Crippen molar-refractivity contribution in [3.8, 4) is 5.75 Å².